The zero-order valence-corrected chi connectivity index (χ0v) is 17.0. The number of nitrogens with one attached hydrogen (secondary N) is 3. The second-order valence-electron chi connectivity index (χ2n) is 7.07. The Hall–Kier alpha value is -3.33. The van der Waals surface area contributed by atoms with Crippen molar-refractivity contribution in [1.29, 1.82) is 0 Å². The third-order valence-electron chi connectivity index (χ3n) is 4.91. The molecule has 0 spiro atoms. The van der Waals surface area contributed by atoms with E-state index in [9.17, 15) is 19.7 Å². The SMILES string of the molecule is O=C(NC(=S)Nc1ccccc1C(=O)NC1CCCCC1)c1cccc([N+](=O)[O-])c1. The number of nitrogens with zero attached hydrogens (tertiary/aromatic N) is 1. The molecule has 0 unspecified atom stereocenters. The van der Waals surface area contributed by atoms with Crippen molar-refractivity contribution < 1.29 is 14.5 Å². The Kier molecular flexibility index (Phi) is 7.08. The Morgan fingerprint density at radius 2 is 1.73 bits per heavy atom. The zero-order chi connectivity index (χ0) is 21.5. The summed E-state index contributed by atoms with van der Waals surface area (Å²) in [6.07, 6.45) is 5.36. The number of nitro groups is 1. The number of hydrogen-bond acceptors (Lipinski definition) is 5. The van der Waals surface area contributed by atoms with Crippen LogP contribution in [0.5, 0.6) is 0 Å². The molecule has 30 heavy (non-hydrogen) atoms. The van der Waals surface area contributed by atoms with Gasteiger partial charge in [-0.05, 0) is 43.3 Å². The van der Waals surface area contributed by atoms with Gasteiger partial charge in [-0.2, -0.15) is 0 Å². The van der Waals surface area contributed by atoms with Crippen LogP contribution in [0.3, 0.4) is 0 Å². The number of carbonyl (C=O) groups excluding carboxylic acids is 2. The van der Waals surface area contributed by atoms with Gasteiger partial charge in [0.05, 0.1) is 16.2 Å². The molecule has 156 valence electrons. The Balaban J connectivity index is 1.65. The van der Waals surface area contributed by atoms with Gasteiger partial charge >= 0.3 is 0 Å². The minimum atomic E-state index is -0.583. The van der Waals surface area contributed by atoms with Crippen molar-refractivity contribution in [2.75, 3.05) is 5.32 Å². The van der Waals surface area contributed by atoms with E-state index in [0.29, 0.717) is 11.3 Å². The van der Waals surface area contributed by atoms with Crippen molar-refractivity contribution >= 4 is 40.5 Å². The van der Waals surface area contributed by atoms with Crippen LogP contribution < -0.4 is 16.0 Å². The summed E-state index contributed by atoms with van der Waals surface area (Å²) in [5, 5.41) is 19.3. The standard InChI is InChI=1S/C21H22N4O4S/c26-19(14-7-6-10-16(13-14)25(28)29)24-21(30)23-18-12-5-4-11-17(18)20(27)22-15-8-2-1-3-9-15/h4-7,10-13,15H,1-3,8-9H2,(H,22,27)(H2,23,24,26,30). The molecule has 9 heteroatoms. The van der Waals surface area contributed by atoms with E-state index in [1.165, 1.54) is 30.7 Å². The summed E-state index contributed by atoms with van der Waals surface area (Å²) in [5.41, 5.74) is 0.813. The van der Waals surface area contributed by atoms with Gasteiger partial charge in [0.2, 0.25) is 0 Å². The molecule has 8 nitrogen and oxygen atoms in total. The van der Waals surface area contributed by atoms with Gasteiger partial charge in [0, 0.05) is 23.7 Å². The predicted octanol–water partition coefficient (Wildman–Crippen LogP) is 3.78. The van der Waals surface area contributed by atoms with Gasteiger partial charge in [0.1, 0.15) is 0 Å². The lowest BCUT2D eigenvalue weighted by Crippen LogP contribution is -2.37. The first-order valence-corrected chi connectivity index (χ1v) is 10.1. The van der Waals surface area contributed by atoms with Crippen molar-refractivity contribution in [1.82, 2.24) is 10.6 Å². The van der Waals surface area contributed by atoms with E-state index < -0.39 is 10.8 Å². The predicted molar refractivity (Wildman–Crippen MR) is 118 cm³/mol. The third kappa shape index (κ3) is 5.60. The van der Waals surface area contributed by atoms with Crippen molar-refractivity contribution in [3.8, 4) is 0 Å². The van der Waals surface area contributed by atoms with Crippen LogP contribution >= 0.6 is 12.2 Å². The van der Waals surface area contributed by atoms with E-state index in [4.69, 9.17) is 12.2 Å². The van der Waals surface area contributed by atoms with Crippen LogP contribution in [0.2, 0.25) is 0 Å². The van der Waals surface area contributed by atoms with Gasteiger partial charge in [-0.15, -0.1) is 0 Å². The molecule has 0 radical (unpaired) electrons. The third-order valence-corrected chi connectivity index (χ3v) is 5.11. The quantitative estimate of drug-likeness (QED) is 0.381. The maximum absolute atomic E-state index is 12.7. The lowest BCUT2D eigenvalue weighted by molar-refractivity contribution is -0.384. The summed E-state index contributed by atoms with van der Waals surface area (Å²) in [5.74, 6) is -0.779. The highest BCUT2D eigenvalue weighted by molar-refractivity contribution is 7.80. The molecular formula is C21H22N4O4S. The zero-order valence-electron chi connectivity index (χ0n) is 16.2. The molecule has 1 fully saturated rings. The van der Waals surface area contributed by atoms with Crippen LogP contribution in [0.15, 0.2) is 48.5 Å². The number of amides is 2. The number of thiocarbonyl (C=S) groups is 1. The average Bonchev–Trinajstić information content (AvgIpc) is 2.74. The summed E-state index contributed by atoms with van der Waals surface area (Å²) in [4.78, 5) is 35.4. The molecule has 0 heterocycles. The van der Waals surface area contributed by atoms with Gasteiger partial charge < -0.3 is 10.6 Å². The molecular weight excluding hydrogens is 404 g/mol. The Morgan fingerprint density at radius 1 is 1.00 bits per heavy atom. The van der Waals surface area contributed by atoms with Crippen LogP contribution in [0.25, 0.3) is 0 Å². The second-order valence-corrected chi connectivity index (χ2v) is 7.48. The van der Waals surface area contributed by atoms with Crippen LogP contribution in [0, 0.1) is 10.1 Å². The molecule has 0 atom stereocenters. The fourth-order valence-corrected chi connectivity index (χ4v) is 3.59. The fourth-order valence-electron chi connectivity index (χ4n) is 3.39. The van der Waals surface area contributed by atoms with Gasteiger partial charge in [0.25, 0.3) is 17.5 Å². The molecule has 3 rings (SSSR count). The fraction of sp³-hybridized carbons (Fsp3) is 0.286. The van der Waals surface area contributed by atoms with Crippen molar-refractivity contribution in [2.45, 2.75) is 38.1 Å². The van der Waals surface area contributed by atoms with Crippen LogP contribution in [-0.2, 0) is 0 Å². The summed E-state index contributed by atoms with van der Waals surface area (Å²) in [7, 11) is 0. The number of nitro benzene ring substituents is 1. The average molecular weight is 426 g/mol. The normalized spacial score (nSPS) is 13.9. The van der Waals surface area contributed by atoms with E-state index >= 15 is 0 Å². The lowest BCUT2D eigenvalue weighted by Gasteiger charge is -2.23. The van der Waals surface area contributed by atoms with E-state index in [1.807, 2.05) is 0 Å². The first-order valence-electron chi connectivity index (χ1n) is 9.71. The molecule has 1 aliphatic carbocycles. The minimum Gasteiger partial charge on any atom is -0.349 e. The van der Waals surface area contributed by atoms with Crippen LogP contribution in [0.1, 0.15) is 52.8 Å². The van der Waals surface area contributed by atoms with Crippen LogP contribution in [0.4, 0.5) is 11.4 Å². The summed E-state index contributed by atoms with van der Waals surface area (Å²) < 4.78 is 0. The number of non-ortho nitro benzene ring substituents is 1. The minimum absolute atomic E-state index is 0.00979. The monoisotopic (exact) mass is 426 g/mol. The Labute approximate surface area is 179 Å². The number of benzene rings is 2. The highest BCUT2D eigenvalue weighted by Crippen LogP contribution is 2.20. The molecule has 2 aromatic carbocycles. The molecule has 0 aromatic heterocycles. The van der Waals surface area contributed by atoms with Crippen molar-refractivity contribution in [3.05, 3.63) is 69.8 Å². The number of hydrogen-bond donors (Lipinski definition) is 3. The van der Waals surface area contributed by atoms with E-state index in [1.54, 1.807) is 24.3 Å². The van der Waals surface area contributed by atoms with Crippen molar-refractivity contribution in [2.24, 2.45) is 0 Å². The second kappa shape index (κ2) is 9.93. The smallest absolute Gasteiger partial charge is 0.270 e. The van der Waals surface area contributed by atoms with Crippen LogP contribution in [-0.4, -0.2) is 27.9 Å². The van der Waals surface area contributed by atoms with Crippen molar-refractivity contribution in [3.63, 3.8) is 0 Å². The topological polar surface area (TPSA) is 113 Å². The largest absolute Gasteiger partial charge is 0.349 e. The first-order chi connectivity index (χ1) is 14.4. The Bertz CT molecular complexity index is 973. The maximum atomic E-state index is 12.7. The number of anilines is 1. The lowest BCUT2D eigenvalue weighted by atomic mass is 9.95. The Morgan fingerprint density at radius 3 is 2.47 bits per heavy atom. The van der Waals surface area contributed by atoms with E-state index in [2.05, 4.69) is 16.0 Å². The number of carbonyl (C=O) groups is 2. The van der Waals surface area contributed by atoms with Gasteiger partial charge in [-0.3, -0.25) is 25.0 Å². The number of rotatable bonds is 5. The summed E-state index contributed by atoms with van der Waals surface area (Å²) in [6.45, 7) is 0. The summed E-state index contributed by atoms with van der Waals surface area (Å²) >= 11 is 5.20. The van der Waals surface area contributed by atoms with Gasteiger partial charge in [-0.25, -0.2) is 0 Å². The molecule has 1 aliphatic rings. The molecule has 0 saturated heterocycles. The van der Waals surface area contributed by atoms with E-state index in [0.717, 1.165) is 25.7 Å². The summed E-state index contributed by atoms with van der Waals surface area (Å²) in [6, 6.07) is 12.4. The molecule has 3 N–H and O–H groups in total. The molecule has 0 aliphatic heterocycles. The number of para-hydroxylation sites is 1. The molecule has 2 amide bonds. The first kappa shape index (κ1) is 21.4. The molecule has 2 aromatic rings. The highest BCUT2D eigenvalue weighted by atomic mass is 32.1. The molecule has 0 bridgehead atoms. The van der Waals surface area contributed by atoms with E-state index in [-0.39, 0.29) is 28.3 Å². The molecule has 1 saturated carbocycles. The highest BCUT2D eigenvalue weighted by Gasteiger charge is 2.19. The van der Waals surface area contributed by atoms with Gasteiger partial charge in [0.15, 0.2) is 5.11 Å². The maximum Gasteiger partial charge on any atom is 0.270 e. The van der Waals surface area contributed by atoms with Gasteiger partial charge in [-0.1, -0.05) is 37.5 Å².